The molecule has 27 heavy (non-hydrogen) atoms. The van der Waals surface area contributed by atoms with Crippen molar-refractivity contribution in [3.8, 4) is 0 Å². The molecule has 1 fully saturated rings. The van der Waals surface area contributed by atoms with Crippen LogP contribution >= 0.6 is 0 Å². The van der Waals surface area contributed by atoms with E-state index in [1.165, 1.54) is 19.3 Å². The van der Waals surface area contributed by atoms with Gasteiger partial charge in [0.05, 0.1) is 11.0 Å². The van der Waals surface area contributed by atoms with E-state index < -0.39 is 10.0 Å². The molecule has 1 aromatic rings. The summed E-state index contributed by atoms with van der Waals surface area (Å²) in [5.74, 6) is -0.156. The van der Waals surface area contributed by atoms with Crippen molar-refractivity contribution >= 4 is 15.9 Å². The highest BCUT2D eigenvalue weighted by atomic mass is 32.2. The van der Waals surface area contributed by atoms with Crippen LogP contribution in [0.3, 0.4) is 0 Å². The minimum atomic E-state index is -3.59. The van der Waals surface area contributed by atoms with E-state index in [1.807, 2.05) is 13.0 Å². The van der Waals surface area contributed by atoms with Crippen LogP contribution in [0.25, 0.3) is 0 Å². The number of nitrogens with one attached hydrogen (secondary N) is 2. The fraction of sp³-hybridized carbons (Fsp3) is 0.650. The van der Waals surface area contributed by atoms with E-state index in [2.05, 4.69) is 10.0 Å². The number of amides is 1. The van der Waals surface area contributed by atoms with Crippen molar-refractivity contribution in [1.29, 1.82) is 0 Å². The lowest BCUT2D eigenvalue weighted by Crippen LogP contribution is -2.32. The van der Waals surface area contributed by atoms with Gasteiger partial charge in [-0.25, -0.2) is 13.1 Å². The zero-order chi connectivity index (χ0) is 19.7. The van der Waals surface area contributed by atoms with Crippen molar-refractivity contribution < 1.29 is 17.9 Å². The number of benzene rings is 1. The quantitative estimate of drug-likeness (QED) is 0.596. The maximum atomic E-state index is 12.3. The van der Waals surface area contributed by atoms with Crippen LogP contribution in [0.15, 0.2) is 23.1 Å². The van der Waals surface area contributed by atoms with Crippen molar-refractivity contribution in [3.63, 3.8) is 0 Å². The summed E-state index contributed by atoms with van der Waals surface area (Å²) in [6.45, 7) is 4.98. The third-order valence-electron chi connectivity index (χ3n) is 4.81. The van der Waals surface area contributed by atoms with Gasteiger partial charge in [0.1, 0.15) is 0 Å². The first-order valence-corrected chi connectivity index (χ1v) is 11.3. The molecule has 0 unspecified atom stereocenters. The van der Waals surface area contributed by atoms with Crippen LogP contribution in [-0.4, -0.2) is 40.1 Å². The van der Waals surface area contributed by atoms with Gasteiger partial charge < -0.3 is 10.1 Å². The molecule has 152 valence electrons. The summed E-state index contributed by atoms with van der Waals surface area (Å²) in [6, 6.07) is 5.19. The predicted octanol–water partition coefficient (Wildman–Crippen LogP) is 2.83. The van der Waals surface area contributed by atoms with Crippen molar-refractivity contribution in [1.82, 2.24) is 10.0 Å². The summed E-state index contributed by atoms with van der Waals surface area (Å²) in [4.78, 5) is 12.1. The summed E-state index contributed by atoms with van der Waals surface area (Å²) in [6.07, 6.45) is 7.38. The Bertz CT molecular complexity index is 713. The molecule has 1 amide bonds. The number of ether oxygens (including phenoxy) is 1. The Balaban J connectivity index is 1.61. The van der Waals surface area contributed by atoms with Crippen molar-refractivity contribution in [2.24, 2.45) is 0 Å². The number of rotatable bonds is 10. The smallest absolute Gasteiger partial charge is 0.240 e. The van der Waals surface area contributed by atoms with Gasteiger partial charge in [-0.15, -0.1) is 0 Å². The van der Waals surface area contributed by atoms with Gasteiger partial charge in [-0.3, -0.25) is 4.79 Å². The Hall–Kier alpha value is -1.44. The van der Waals surface area contributed by atoms with E-state index in [0.717, 1.165) is 24.8 Å². The molecule has 1 saturated carbocycles. The van der Waals surface area contributed by atoms with Gasteiger partial charge >= 0.3 is 0 Å². The molecule has 0 bridgehead atoms. The van der Waals surface area contributed by atoms with E-state index in [1.54, 1.807) is 19.1 Å². The number of sulfonamides is 1. The second kappa shape index (κ2) is 10.8. The van der Waals surface area contributed by atoms with E-state index in [9.17, 15) is 13.2 Å². The molecule has 0 saturated heterocycles. The fourth-order valence-electron chi connectivity index (χ4n) is 3.35. The lowest BCUT2D eigenvalue weighted by molar-refractivity contribution is -0.121. The molecular weight excluding hydrogens is 364 g/mol. The fourth-order valence-corrected chi connectivity index (χ4v) is 4.60. The van der Waals surface area contributed by atoms with E-state index in [-0.39, 0.29) is 23.8 Å². The molecule has 1 aliphatic carbocycles. The molecule has 0 spiro atoms. The zero-order valence-corrected chi connectivity index (χ0v) is 17.2. The van der Waals surface area contributed by atoms with Gasteiger partial charge in [-0.1, -0.05) is 37.0 Å². The van der Waals surface area contributed by atoms with Gasteiger partial charge in [-0.2, -0.15) is 0 Å². The minimum absolute atomic E-state index is 0.0834. The predicted molar refractivity (Wildman–Crippen MR) is 106 cm³/mol. The lowest BCUT2D eigenvalue weighted by atomic mass is 9.98. The lowest BCUT2D eigenvalue weighted by Gasteiger charge is -2.21. The molecule has 1 aromatic carbocycles. The molecular formula is C20H32N2O4S. The molecule has 2 N–H and O–H groups in total. The second-order valence-corrected chi connectivity index (χ2v) is 8.99. The van der Waals surface area contributed by atoms with Gasteiger partial charge in [-0.05, 0) is 44.7 Å². The van der Waals surface area contributed by atoms with Gasteiger partial charge in [0.2, 0.25) is 15.9 Å². The molecule has 0 radical (unpaired) electrons. The molecule has 0 heterocycles. The summed E-state index contributed by atoms with van der Waals surface area (Å²) in [5, 5.41) is 2.81. The van der Waals surface area contributed by atoms with Crippen LogP contribution in [0.4, 0.5) is 0 Å². The Labute approximate surface area is 163 Å². The standard InChI is InChI=1S/C20H32N2O4S/c1-16-9-10-19(17(2)15-16)27(24,25)22-13-11-20(23)21-12-6-14-26-18-7-4-3-5-8-18/h9-10,15,18,22H,3-8,11-14H2,1-2H3,(H,21,23). The van der Waals surface area contributed by atoms with E-state index >= 15 is 0 Å². The third-order valence-corrected chi connectivity index (χ3v) is 6.43. The SMILES string of the molecule is Cc1ccc(S(=O)(=O)NCCC(=O)NCCCOC2CCCCC2)c(C)c1. The van der Waals surface area contributed by atoms with Crippen molar-refractivity contribution in [2.75, 3.05) is 19.7 Å². The van der Waals surface area contributed by atoms with Crippen LogP contribution in [0.5, 0.6) is 0 Å². The van der Waals surface area contributed by atoms with Gasteiger partial charge in [0, 0.05) is 26.1 Å². The molecule has 7 heteroatoms. The van der Waals surface area contributed by atoms with Crippen LogP contribution in [0.2, 0.25) is 0 Å². The summed E-state index contributed by atoms with van der Waals surface area (Å²) >= 11 is 0. The van der Waals surface area contributed by atoms with Crippen molar-refractivity contribution in [3.05, 3.63) is 29.3 Å². The highest BCUT2D eigenvalue weighted by molar-refractivity contribution is 7.89. The molecule has 2 rings (SSSR count). The molecule has 6 nitrogen and oxygen atoms in total. The molecule has 0 atom stereocenters. The Morgan fingerprint density at radius 1 is 1.15 bits per heavy atom. The van der Waals surface area contributed by atoms with Crippen LogP contribution in [0.1, 0.15) is 56.1 Å². The first-order chi connectivity index (χ1) is 12.9. The highest BCUT2D eigenvalue weighted by Gasteiger charge is 2.17. The van der Waals surface area contributed by atoms with E-state index in [4.69, 9.17) is 4.74 Å². The van der Waals surface area contributed by atoms with Crippen molar-refractivity contribution in [2.45, 2.75) is 69.8 Å². The second-order valence-electron chi connectivity index (χ2n) is 7.25. The summed E-state index contributed by atoms with van der Waals surface area (Å²) in [5.41, 5.74) is 1.71. The highest BCUT2D eigenvalue weighted by Crippen LogP contribution is 2.20. The number of carbonyl (C=O) groups is 1. The number of carbonyl (C=O) groups excluding carboxylic acids is 1. The number of aryl methyl sites for hydroxylation is 2. The first-order valence-electron chi connectivity index (χ1n) is 9.84. The Kier molecular flexibility index (Phi) is 8.73. The van der Waals surface area contributed by atoms with Crippen LogP contribution in [-0.2, 0) is 19.6 Å². The maximum absolute atomic E-state index is 12.3. The third kappa shape index (κ3) is 7.60. The zero-order valence-electron chi connectivity index (χ0n) is 16.4. The number of hydrogen-bond donors (Lipinski definition) is 2. The minimum Gasteiger partial charge on any atom is -0.378 e. The van der Waals surface area contributed by atoms with Crippen LogP contribution in [0, 0.1) is 13.8 Å². The average Bonchev–Trinajstić information content (AvgIpc) is 2.62. The largest absolute Gasteiger partial charge is 0.378 e. The normalized spacial score (nSPS) is 15.6. The molecule has 1 aliphatic rings. The van der Waals surface area contributed by atoms with E-state index in [0.29, 0.717) is 24.8 Å². The summed E-state index contributed by atoms with van der Waals surface area (Å²) < 4.78 is 33.0. The Morgan fingerprint density at radius 3 is 2.59 bits per heavy atom. The molecule has 0 aromatic heterocycles. The number of hydrogen-bond acceptors (Lipinski definition) is 4. The monoisotopic (exact) mass is 396 g/mol. The topological polar surface area (TPSA) is 84.5 Å². The van der Waals surface area contributed by atoms with Gasteiger partial charge in [0.15, 0.2) is 0 Å². The van der Waals surface area contributed by atoms with Crippen LogP contribution < -0.4 is 10.0 Å². The summed E-state index contributed by atoms with van der Waals surface area (Å²) in [7, 11) is -3.59. The van der Waals surface area contributed by atoms with Gasteiger partial charge in [0.25, 0.3) is 0 Å². The molecule has 0 aliphatic heterocycles. The average molecular weight is 397 g/mol. The maximum Gasteiger partial charge on any atom is 0.240 e. The first kappa shape index (κ1) is 21.9. The Morgan fingerprint density at radius 2 is 1.89 bits per heavy atom.